The Morgan fingerprint density at radius 1 is 1.00 bits per heavy atom. The first-order valence-electron chi connectivity index (χ1n) is 7.91. The Morgan fingerprint density at radius 2 is 1.86 bits per heavy atom. The third-order valence-corrected chi connectivity index (χ3v) is 9.28. The summed E-state index contributed by atoms with van der Waals surface area (Å²) in [6.45, 7) is 2.51. The molecule has 0 radical (unpaired) electrons. The summed E-state index contributed by atoms with van der Waals surface area (Å²) in [4.78, 5) is 0. The fraction of sp³-hybridized carbons (Fsp3) is 0.143. The summed E-state index contributed by atoms with van der Waals surface area (Å²) in [5, 5.41) is 3.22. The van der Waals surface area contributed by atoms with E-state index >= 15 is 0 Å². The summed E-state index contributed by atoms with van der Waals surface area (Å²) >= 11 is 0. The zero-order chi connectivity index (χ0) is 14.7. The first kappa shape index (κ1) is 12.6. The van der Waals surface area contributed by atoms with E-state index in [1.54, 1.807) is 16.2 Å². The second-order valence-electron chi connectivity index (χ2n) is 6.63. The predicted octanol–water partition coefficient (Wildman–Crippen LogP) is 4.41. The van der Waals surface area contributed by atoms with Gasteiger partial charge in [0, 0.05) is 17.0 Å². The van der Waals surface area contributed by atoms with Gasteiger partial charge < -0.3 is 0 Å². The van der Waals surface area contributed by atoms with Crippen LogP contribution in [0, 0.1) is 0 Å². The molecular weight excluding hydrogens is 283 g/mol. The number of allylic oxidation sites excluding steroid dienone is 5. The lowest BCUT2D eigenvalue weighted by Gasteiger charge is -2.35. The van der Waals surface area contributed by atoms with Gasteiger partial charge in [0.2, 0.25) is 0 Å². The monoisotopic (exact) mass is 301 g/mol. The highest BCUT2D eigenvalue weighted by atomic mass is 31.2. The Balaban J connectivity index is 1.72. The molecule has 0 N–H and O–H groups in total. The van der Waals surface area contributed by atoms with E-state index in [2.05, 4.69) is 79.5 Å². The topological polar surface area (TPSA) is 0 Å². The average Bonchev–Trinajstić information content (AvgIpc) is 2.91. The number of hydrogen-bond donors (Lipinski definition) is 0. The molecule has 1 heteroatoms. The van der Waals surface area contributed by atoms with Gasteiger partial charge in [-0.3, -0.25) is 0 Å². The van der Waals surface area contributed by atoms with E-state index in [1.165, 1.54) is 22.9 Å². The van der Waals surface area contributed by atoms with Crippen molar-refractivity contribution in [2.45, 2.75) is 12.1 Å². The van der Waals surface area contributed by atoms with E-state index in [0.29, 0.717) is 5.92 Å². The second-order valence-corrected chi connectivity index (χ2v) is 10.3. The van der Waals surface area contributed by atoms with Crippen molar-refractivity contribution < 1.29 is 0 Å². The Kier molecular flexibility index (Phi) is 2.47. The van der Waals surface area contributed by atoms with Gasteiger partial charge in [0.15, 0.2) is 0 Å². The van der Waals surface area contributed by atoms with Crippen LogP contribution in [0.3, 0.4) is 0 Å². The van der Waals surface area contributed by atoms with Crippen molar-refractivity contribution >= 4 is 23.9 Å². The molecule has 0 fully saturated rings. The Hall–Kier alpha value is -1.91. The quantitative estimate of drug-likeness (QED) is 0.685. The van der Waals surface area contributed by atoms with E-state index < -0.39 is 7.26 Å². The Morgan fingerprint density at radius 3 is 2.73 bits per heavy atom. The lowest BCUT2D eigenvalue weighted by Crippen LogP contribution is -2.36. The lowest BCUT2D eigenvalue weighted by molar-refractivity contribution is 1.05. The molecule has 0 bridgehead atoms. The first-order valence-corrected chi connectivity index (χ1v) is 10.3. The van der Waals surface area contributed by atoms with Crippen LogP contribution < -0.4 is 10.6 Å². The van der Waals surface area contributed by atoms with Crippen molar-refractivity contribution in [3.8, 4) is 0 Å². The number of benzene rings is 2. The molecule has 106 valence electrons. The maximum absolute atomic E-state index is 2.51. The molecule has 3 aliphatic rings. The van der Waals surface area contributed by atoms with Crippen LogP contribution in [0.2, 0.25) is 0 Å². The van der Waals surface area contributed by atoms with Crippen LogP contribution in [-0.4, -0.2) is 6.66 Å². The van der Waals surface area contributed by atoms with Gasteiger partial charge in [-0.05, 0) is 29.3 Å². The molecule has 0 aromatic heterocycles. The molecule has 0 saturated heterocycles. The predicted molar refractivity (Wildman–Crippen MR) is 97.7 cm³/mol. The maximum atomic E-state index is 2.51. The van der Waals surface area contributed by atoms with Crippen molar-refractivity contribution in [1.29, 1.82) is 0 Å². The molecule has 22 heavy (non-hydrogen) atoms. The Labute approximate surface area is 132 Å². The minimum Gasteiger partial charge on any atom is -0.0726 e. The van der Waals surface area contributed by atoms with Gasteiger partial charge in [0.1, 0.15) is 5.30 Å². The van der Waals surface area contributed by atoms with Gasteiger partial charge in [-0.25, -0.2) is 0 Å². The molecule has 0 amide bonds. The third-order valence-electron chi connectivity index (χ3n) is 5.35. The fourth-order valence-electron chi connectivity index (χ4n) is 4.25. The smallest absolute Gasteiger partial charge is 0.0726 e. The Bertz CT molecular complexity index is 870. The van der Waals surface area contributed by atoms with E-state index in [1.807, 2.05) is 0 Å². The van der Waals surface area contributed by atoms with E-state index in [4.69, 9.17) is 0 Å². The molecule has 2 unspecified atom stereocenters. The van der Waals surface area contributed by atoms with Gasteiger partial charge in [-0.2, -0.15) is 0 Å². The molecule has 2 aromatic rings. The summed E-state index contributed by atoms with van der Waals surface area (Å²) in [5.74, 6) is 0.482. The van der Waals surface area contributed by atoms with Gasteiger partial charge in [-0.15, -0.1) is 0 Å². The van der Waals surface area contributed by atoms with Gasteiger partial charge in [-0.1, -0.05) is 54.6 Å². The highest BCUT2D eigenvalue weighted by Gasteiger charge is 2.51. The van der Waals surface area contributed by atoms with Crippen LogP contribution in [0.15, 0.2) is 72.3 Å². The number of rotatable bonds is 1. The average molecular weight is 301 g/mol. The van der Waals surface area contributed by atoms with Gasteiger partial charge >= 0.3 is 0 Å². The molecule has 0 saturated carbocycles. The van der Waals surface area contributed by atoms with Crippen molar-refractivity contribution in [3.05, 3.63) is 89.0 Å². The minimum atomic E-state index is -1.17. The molecule has 0 nitrogen and oxygen atoms in total. The summed E-state index contributed by atoms with van der Waals surface area (Å²) in [6.07, 6.45) is 12.7. The summed E-state index contributed by atoms with van der Waals surface area (Å²) < 4.78 is 0. The molecule has 0 spiro atoms. The highest BCUT2D eigenvalue weighted by molar-refractivity contribution is 7.90. The summed E-state index contributed by atoms with van der Waals surface area (Å²) in [7, 11) is -1.17. The maximum Gasteiger partial charge on any atom is 0.114 e. The molecule has 1 aliphatic heterocycles. The normalized spacial score (nSPS) is 26.8. The molecule has 2 aliphatic carbocycles. The summed E-state index contributed by atoms with van der Waals surface area (Å²) in [5.41, 5.74) is 6.06. The standard InChI is InChI=1S/C21H18P/c1-22(17-8-3-2-4-9-17)14-16-11-12-19-18-10-6-5-7-15(18)13-20(19)21(16)22/h2-13,18H,14H2,1H3/q+1. The number of hydrogen-bond acceptors (Lipinski definition) is 0. The van der Waals surface area contributed by atoms with Gasteiger partial charge in [0.05, 0.1) is 25.4 Å². The van der Waals surface area contributed by atoms with Crippen LogP contribution in [0.4, 0.5) is 0 Å². The van der Waals surface area contributed by atoms with E-state index in [0.717, 1.165) is 0 Å². The van der Waals surface area contributed by atoms with Crippen molar-refractivity contribution in [2.75, 3.05) is 6.66 Å². The van der Waals surface area contributed by atoms with E-state index in [9.17, 15) is 0 Å². The van der Waals surface area contributed by atoms with Crippen LogP contribution in [0.1, 0.15) is 22.6 Å². The SMILES string of the molecule is C[P+]1(c2ccccc2)Cc2ccc3c(c21)C=C1C=CC=CC13. The molecule has 2 aromatic carbocycles. The summed E-state index contributed by atoms with van der Waals surface area (Å²) in [6, 6.07) is 15.9. The van der Waals surface area contributed by atoms with E-state index in [-0.39, 0.29) is 0 Å². The van der Waals surface area contributed by atoms with Crippen LogP contribution in [-0.2, 0) is 6.16 Å². The first-order chi connectivity index (χ1) is 10.8. The van der Waals surface area contributed by atoms with Crippen molar-refractivity contribution in [3.63, 3.8) is 0 Å². The van der Waals surface area contributed by atoms with Crippen LogP contribution in [0.5, 0.6) is 0 Å². The fourth-order valence-corrected chi connectivity index (χ4v) is 7.87. The molecule has 2 atom stereocenters. The highest BCUT2D eigenvalue weighted by Crippen LogP contribution is 2.65. The molecular formula is C21H18P+. The van der Waals surface area contributed by atoms with Crippen molar-refractivity contribution in [2.24, 2.45) is 0 Å². The van der Waals surface area contributed by atoms with Crippen molar-refractivity contribution in [1.82, 2.24) is 0 Å². The zero-order valence-electron chi connectivity index (χ0n) is 12.7. The zero-order valence-corrected chi connectivity index (χ0v) is 13.6. The second kappa shape index (κ2) is 4.31. The minimum absolute atomic E-state index is 0.482. The molecule has 1 heterocycles. The number of fused-ring (bicyclic) bond motifs is 5. The van der Waals surface area contributed by atoms with Gasteiger partial charge in [0.25, 0.3) is 0 Å². The third kappa shape index (κ3) is 1.51. The largest absolute Gasteiger partial charge is 0.114 e. The van der Waals surface area contributed by atoms with Crippen LogP contribution in [0.25, 0.3) is 6.08 Å². The van der Waals surface area contributed by atoms with Crippen LogP contribution >= 0.6 is 7.26 Å². The lowest BCUT2D eigenvalue weighted by atomic mass is 9.92. The molecule has 5 rings (SSSR count).